The number of carbonyl (C=O) groups is 1. The second-order valence-corrected chi connectivity index (χ2v) is 12.6. The molecule has 4 aliphatic rings. The Kier molecular flexibility index (Phi) is 6.34. The second-order valence-electron chi connectivity index (χ2n) is 12.6. The van der Waals surface area contributed by atoms with Gasteiger partial charge in [-0.25, -0.2) is 0 Å². The Balaban J connectivity index is 1.49. The van der Waals surface area contributed by atoms with Gasteiger partial charge in [0.25, 0.3) is 0 Å². The maximum Gasteiger partial charge on any atom is 0.225 e. The van der Waals surface area contributed by atoms with E-state index in [0.29, 0.717) is 11.5 Å². The molecule has 1 amide bonds. The molecule has 172 valence electrons. The third-order valence-electron chi connectivity index (χ3n) is 10.7. The standard InChI is InChI=1S/C27H47NO2/c1-17(2)7-6-8-18(3)21-10-11-22-20-9-12-24-27(5,15-19(16-29)25(30)28-24)23(20)13-14-26(21,22)4/h17-24,29H,6-16H2,1-5H3,(H,28,30)/t18-,19?,20+,21-,22+,23+,24-,26-,27-/m1/s1. The average molecular weight is 418 g/mol. The predicted molar refractivity (Wildman–Crippen MR) is 123 cm³/mol. The van der Waals surface area contributed by atoms with Crippen LogP contribution < -0.4 is 5.32 Å². The molecule has 0 bridgehead atoms. The lowest BCUT2D eigenvalue weighted by atomic mass is 9.46. The number of hydrogen-bond acceptors (Lipinski definition) is 2. The van der Waals surface area contributed by atoms with E-state index in [1.54, 1.807) is 0 Å². The molecule has 3 aliphatic carbocycles. The highest BCUT2D eigenvalue weighted by atomic mass is 16.3. The lowest BCUT2D eigenvalue weighted by Crippen LogP contribution is -2.63. The summed E-state index contributed by atoms with van der Waals surface area (Å²) >= 11 is 0. The molecular formula is C27H47NO2. The highest BCUT2D eigenvalue weighted by molar-refractivity contribution is 5.80. The smallest absolute Gasteiger partial charge is 0.225 e. The van der Waals surface area contributed by atoms with Crippen molar-refractivity contribution >= 4 is 5.91 Å². The number of piperidine rings is 1. The number of nitrogens with one attached hydrogen (secondary N) is 1. The Hall–Kier alpha value is -0.570. The molecular weight excluding hydrogens is 370 g/mol. The molecule has 30 heavy (non-hydrogen) atoms. The summed E-state index contributed by atoms with van der Waals surface area (Å²) in [4.78, 5) is 12.4. The summed E-state index contributed by atoms with van der Waals surface area (Å²) in [5.41, 5.74) is 0.697. The van der Waals surface area contributed by atoms with Crippen molar-refractivity contribution < 1.29 is 9.90 Å². The number of amides is 1. The summed E-state index contributed by atoms with van der Waals surface area (Å²) in [6, 6.07) is 0.325. The third kappa shape index (κ3) is 3.65. The largest absolute Gasteiger partial charge is 0.396 e. The van der Waals surface area contributed by atoms with Crippen molar-refractivity contribution in [3.63, 3.8) is 0 Å². The third-order valence-corrected chi connectivity index (χ3v) is 10.7. The van der Waals surface area contributed by atoms with E-state index < -0.39 is 0 Å². The van der Waals surface area contributed by atoms with Gasteiger partial charge in [0, 0.05) is 6.04 Å². The van der Waals surface area contributed by atoms with Gasteiger partial charge in [-0.3, -0.25) is 4.79 Å². The highest BCUT2D eigenvalue weighted by Gasteiger charge is 2.61. The normalized spacial score (nSPS) is 46.7. The van der Waals surface area contributed by atoms with Crippen molar-refractivity contribution in [1.82, 2.24) is 5.32 Å². The van der Waals surface area contributed by atoms with Gasteiger partial charge in [-0.15, -0.1) is 0 Å². The molecule has 1 aliphatic heterocycles. The summed E-state index contributed by atoms with van der Waals surface area (Å²) in [5, 5.41) is 13.1. The van der Waals surface area contributed by atoms with Crippen molar-refractivity contribution in [2.75, 3.05) is 6.61 Å². The van der Waals surface area contributed by atoms with Gasteiger partial charge in [-0.05, 0) is 91.3 Å². The quantitative estimate of drug-likeness (QED) is 0.573. The molecule has 1 unspecified atom stereocenters. The highest BCUT2D eigenvalue weighted by Crippen LogP contribution is 2.67. The topological polar surface area (TPSA) is 49.3 Å². The van der Waals surface area contributed by atoms with Crippen LogP contribution in [0.1, 0.15) is 98.8 Å². The van der Waals surface area contributed by atoms with Gasteiger partial charge < -0.3 is 10.4 Å². The molecule has 0 aromatic heterocycles. The Labute approximate surface area is 185 Å². The maximum absolute atomic E-state index is 12.4. The molecule has 0 aromatic carbocycles. The Morgan fingerprint density at radius 2 is 1.73 bits per heavy atom. The Morgan fingerprint density at radius 3 is 2.43 bits per heavy atom. The molecule has 4 rings (SSSR count). The van der Waals surface area contributed by atoms with Crippen LogP contribution in [0.3, 0.4) is 0 Å². The number of aliphatic hydroxyl groups excluding tert-OH is 1. The first-order valence-corrected chi connectivity index (χ1v) is 13.1. The van der Waals surface area contributed by atoms with Crippen LogP contribution in [0.2, 0.25) is 0 Å². The fraction of sp³-hybridized carbons (Fsp3) is 0.963. The van der Waals surface area contributed by atoms with Gasteiger partial charge in [-0.1, -0.05) is 53.9 Å². The molecule has 1 heterocycles. The molecule has 0 spiro atoms. The minimum absolute atomic E-state index is 0.00262. The summed E-state index contributed by atoms with van der Waals surface area (Å²) in [6.45, 7) is 12.3. The van der Waals surface area contributed by atoms with E-state index in [-0.39, 0.29) is 23.8 Å². The van der Waals surface area contributed by atoms with Crippen LogP contribution in [0, 0.1) is 52.3 Å². The van der Waals surface area contributed by atoms with Gasteiger partial charge in [-0.2, -0.15) is 0 Å². The zero-order chi connectivity index (χ0) is 21.7. The lowest BCUT2D eigenvalue weighted by Gasteiger charge is -2.61. The molecule has 2 N–H and O–H groups in total. The number of rotatable bonds is 6. The van der Waals surface area contributed by atoms with Crippen molar-refractivity contribution in [2.24, 2.45) is 52.3 Å². The van der Waals surface area contributed by atoms with Crippen LogP contribution in [-0.4, -0.2) is 23.7 Å². The zero-order valence-corrected chi connectivity index (χ0v) is 20.3. The van der Waals surface area contributed by atoms with Gasteiger partial charge >= 0.3 is 0 Å². The van der Waals surface area contributed by atoms with Crippen LogP contribution in [0.15, 0.2) is 0 Å². The monoisotopic (exact) mass is 417 g/mol. The van der Waals surface area contributed by atoms with E-state index >= 15 is 0 Å². The number of hydrogen-bond donors (Lipinski definition) is 2. The zero-order valence-electron chi connectivity index (χ0n) is 20.3. The Morgan fingerprint density at radius 1 is 1.00 bits per heavy atom. The maximum atomic E-state index is 12.4. The molecule has 4 fully saturated rings. The molecule has 9 atom stereocenters. The second kappa shape index (κ2) is 8.41. The summed E-state index contributed by atoms with van der Waals surface area (Å²) in [6.07, 6.45) is 13.1. The van der Waals surface area contributed by atoms with E-state index in [4.69, 9.17) is 0 Å². The van der Waals surface area contributed by atoms with Crippen molar-refractivity contribution in [2.45, 2.75) is 105 Å². The minimum Gasteiger partial charge on any atom is -0.396 e. The van der Waals surface area contributed by atoms with Crippen LogP contribution in [0.4, 0.5) is 0 Å². The minimum atomic E-state index is -0.199. The van der Waals surface area contributed by atoms with Crippen LogP contribution in [-0.2, 0) is 4.79 Å². The number of carbonyl (C=O) groups excluding carboxylic acids is 1. The van der Waals surface area contributed by atoms with E-state index in [1.807, 2.05) is 0 Å². The number of fused-ring (bicyclic) bond motifs is 5. The fourth-order valence-corrected chi connectivity index (χ4v) is 9.07. The van der Waals surface area contributed by atoms with Crippen LogP contribution >= 0.6 is 0 Å². The first-order chi connectivity index (χ1) is 14.2. The SMILES string of the molecule is CC(C)CCC[C@@H](C)[C@H]1CC[C@H]2[C@@H]3CC[C@H]4NC(=O)C(CO)C[C@]4(C)[C@H]3CC[C@]12C. The molecule has 3 nitrogen and oxygen atoms in total. The summed E-state index contributed by atoms with van der Waals surface area (Å²) < 4.78 is 0. The first kappa shape index (κ1) is 22.6. The lowest BCUT2D eigenvalue weighted by molar-refractivity contribution is -0.147. The predicted octanol–water partition coefficient (Wildman–Crippen LogP) is 5.80. The summed E-state index contributed by atoms with van der Waals surface area (Å²) in [7, 11) is 0. The Bertz CT molecular complexity index is 632. The summed E-state index contributed by atoms with van der Waals surface area (Å²) in [5.74, 6) is 4.90. The fourth-order valence-electron chi connectivity index (χ4n) is 9.07. The van der Waals surface area contributed by atoms with Crippen LogP contribution in [0.5, 0.6) is 0 Å². The van der Waals surface area contributed by atoms with Crippen LogP contribution in [0.25, 0.3) is 0 Å². The van der Waals surface area contributed by atoms with E-state index in [9.17, 15) is 9.90 Å². The van der Waals surface area contributed by atoms with Crippen molar-refractivity contribution in [3.05, 3.63) is 0 Å². The average Bonchev–Trinajstić information content (AvgIpc) is 3.05. The van der Waals surface area contributed by atoms with E-state index in [1.165, 1.54) is 51.4 Å². The van der Waals surface area contributed by atoms with E-state index in [0.717, 1.165) is 48.3 Å². The molecule has 3 heteroatoms. The first-order valence-electron chi connectivity index (χ1n) is 13.1. The van der Waals surface area contributed by atoms with Gasteiger partial charge in [0.15, 0.2) is 0 Å². The van der Waals surface area contributed by atoms with Crippen molar-refractivity contribution in [3.8, 4) is 0 Å². The molecule has 1 saturated heterocycles. The molecule has 3 saturated carbocycles. The van der Waals surface area contributed by atoms with E-state index in [2.05, 4.69) is 39.9 Å². The molecule has 0 aromatic rings. The van der Waals surface area contributed by atoms with Gasteiger partial charge in [0.05, 0.1) is 12.5 Å². The van der Waals surface area contributed by atoms with Crippen molar-refractivity contribution in [1.29, 1.82) is 0 Å². The number of aliphatic hydroxyl groups is 1. The van der Waals surface area contributed by atoms with Gasteiger partial charge in [0.2, 0.25) is 5.91 Å². The van der Waals surface area contributed by atoms with Gasteiger partial charge in [0.1, 0.15) is 0 Å². The molecule has 0 radical (unpaired) electrons.